The molecule has 21 heavy (non-hydrogen) atoms. The first-order valence-corrected chi connectivity index (χ1v) is 8.70. The summed E-state index contributed by atoms with van der Waals surface area (Å²) in [7, 11) is -3.18. The van der Waals surface area contributed by atoms with Crippen molar-refractivity contribution in [1.82, 2.24) is 0 Å². The fourth-order valence-electron chi connectivity index (χ4n) is 2.12. The van der Waals surface area contributed by atoms with E-state index in [1.807, 2.05) is 6.92 Å². The van der Waals surface area contributed by atoms with E-state index in [4.69, 9.17) is 15.2 Å². The minimum absolute atomic E-state index is 0.0164. The van der Waals surface area contributed by atoms with Crippen molar-refractivity contribution in [1.29, 1.82) is 0 Å². The first kappa shape index (κ1) is 15.6. The van der Waals surface area contributed by atoms with E-state index in [9.17, 15) is 8.42 Å². The van der Waals surface area contributed by atoms with Gasteiger partial charge in [-0.1, -0.05) is 6.92 Å². The van der Waals surface area contributed by atoms with Crippen molar-refractivity contribution >= 4 is 15.9 Å². The molecule has 0 radical (unpaired) electrons. The zero-order valence-corrected chi connectivity index (χ0v) is 13.0. The summed E-state index contributed by atoms with van der Waals surface area (Å²) in [6.45, 7) is 2.51. The summed E-state index contributed by atoms with van der Waals surface area (Å²) in [5.74, 6) is 0.644. The van der Waals surface area contributed by atoms with Gasteiger partial charge in [-0.05, 0) is 30.7 Å². The Morgan fingerprint density at radius 1 is 1.43 bits per heavy atom. The number of amidine groups is 1. The molecule has 0 unspecified atom stereocenters. The van der Waals surface area contributed by atoms with E-state index in [0.717, 1.165) is 6.42 Å². The van der Waals surface area contributed by atoms with Gasteiger partial charge in [0, 0.05) is 12.7 Å². The zero-order chi connectivity index (χ0) is 15.5. The third-order valence-corrected chi connectivity index (χ3v) is 4.41. The molecule has 2 rings (SSSR count). The highest BCUT2D eigenvalue weighted by Gasteiger charge is 2.22. The van der Waals surface area contributed by atoms with Crippen LogP contribution in [0.15, 0.2) is 34.2 Å². The quantitative estimate of drug-likeness (QED) is 0.856. The van der Waals surface area contributed by atoms with Crippen molar-refractivity contribution < 1.29 is 17.9 Å². The lowest BCUT2D eigenvalue weighted by Gasteiger charge is -2.19. The molecule has 2 atom stereocenters. The number of aliphatic imine (C=N–C) groups is 1. The third kappa shape index (κ3) is 4.35. The van der Waals surface area contributed by atoms with Crippen LogP contribution in [0.4, 0.5) is 0 Å². The van der Waals surface area contributed by atoms with E-state index in [2.05, 4.69) is 4.99 Å². The molecule has 0 aliphatic carbocycles. The van der Waals surface area contributed by atoms with Crippen LogP contribution < -0.4 is 10.5 Å². The van der Waals surface area contributed by atoms with Crippen LogP contribution in [0.1, 0.15) is 19.8 Å². The number of nitrogens with two attached hydrogens (primary N) is 1. The average Bonchev–Trinajstić information content (AvgIpc) is 2.83. The summed E-state index contributed by atoms with van der Waals surface area (Å²) < 4.78 is 33.8. The summed E-state index contributed by atoms with van der Waals surface area (Å²) in [5.41, 5.74) is 5.48. The second-order valence-electron chi connectivity index (χ2n) is 5.06. The van der Waals surface area contributed by atoms with Gasteiger partial charge >= 0.3 is 0 Å². The smallest absolute Gasteiger partial charge is 0.282 e. The van der Waals surface area contributed by atoms with Crippen molar-refractivity contribution in [2.45, 2.75) is 36.8 Å². The number of hydrogen-bond donors (Lipinski definition) is 1. The highest BCUT2D eigenvalue weighted by molar-refractivity contribution is 7.90. The maximum Gasteiger partial charge on any atom is 0.282 e. The van der Waals surface area contributed by atoms with Crippen LogP contribution in [-0.4, -0.2) is 39.4 Å². The van der Waals surface area contributed by atoms with Crippen molar-refractivity contribution in [3.8, 4) is 5.75 Å². The molecule has 0 spiro atoms. The lowest BCUT2D eigenvalue weighted by Crippen LogP contribution is -2.22. The van der Waals surface area contributed by atoms with Gasteiger partial charge in [-0.2, -0.15) is 0 Å². The van der Waals surface area contributed by atoms with Gasteiger partial charge in [0.05, 0.1) is 10.9 Å². The zero-order valence-electron chi connectivity index (χ0n) is 12.2. The molecule has 1 heterocycles. The number of sulfone groups is 1. The van der Waals surface area contributed by atoms with Crippen LogP contribution in [-0.2, 0) is 14.6 Å². The van der Waals surface area contributed by atoms with E-state index in [0.29, 0.717) is 18.8 Å². The molecule has 0 saturated carbocycles. The summed E-state index contributed by atoms with van der Waals surface area (Å²) in [6, 6.07) is 6.68. The van der Waals surface area contributed by atoms with Gasteiger partial charge in [0.2, 0.25) is 0 Å². The lowest BCUT2D eigenvalue weighted by molar-refractivity contribution is 0.168. The number of rotatable bonds is 6. The van der Waals surface area contributed by atoms with E-state index < -0.39 is 9.84 Å². The van der Waals surface area contributed by atoms with Crippen LogP contribution >= 0.6 is 0 Å². The Bertz CT molecular complexity index is 610. The Hall–Kier alpha value is -1.76. The minimum atomic E-state index is -3.18. The molecule has 0 bridgehead atoms. The summed E-state index contributed by atoms with van der Waals surface area (Å²) >= 11 is 0. The van der Waals surface area contributed by atoms with Crippen LogP contribution in [0.25, 0.3) is 0 Å². The maximum absolute atomic E-state index is 11.4. The summed E-state index contributed by atoms with van der Waals surface area (Å²) in [5, 5.41) is 0. The highest BCUT2D eigenvalue weighted by atomic mass is 32.2. The SMILES string of the molecule is CC[C@H](C[C@H]1COC(N)=N1)Oc1ccc(S(C)(=O)=O)cc1. The first-order valence-electron chi connectivity index (χ1n) is 6.81. The van der Waals surface area contributed by atoms with Crippen molar-refractivity contribution in [3.05, 3.63) is 24.3 Å². The van der Waals surface area contributed by atoms with E-state index in [-0.39, 0.29) is 23.1 Å². The molecule has 1 aromatic rings. The Balaban J connectivity index is 1.98. The number of benzene rings is 1. The second-order valence-corrected chi connectivity index (χ2v) is 7.08. The number of nitrogens with zero attached hydrogens (tertiary/aromatic N) is 1. The van der Waals surface area contributed by atoms with E-state index in [1.54, 1.807) is 24.3 Å². The highest BCUT2D eigenvalue weighted by Crippen LogP contribution is 2.20. The van der Waals surface area contributed by atoms with Gasteiger partial charge in [0.25, 0.3) is 6.02 Å². The number of ether oxygens (including phenoxy) is 2. The maximum atomic E-state index is 11.4. The molecular formula is C14H20N2O4S. The molecule has 116 valence electrons. The van der Waals surface area contributed by atoms with Crippen LogP contribution in [0.3, 0.4) is 0 Å². The molecule has 0 fully saturated rings. The molecule has 1 aromatic carbocycles. The van der Waals surface area contributed by atoms with Gasteiger partial charge in [0.1, 0.15) is 18.5 Å². The van der Waals surface area contributed by atoms with E-state index in [1.165, 1.54) is 6.26 Å². The third-order valence-electron chi connectivity index (χ3n) is 3.28. The van der Waals surface area contributed by atoms with Crippen LogP contribution in [0.5, 0.6) is 5.75 Å². The molecule has 0 saturated heterocycles. The van der Waals surface area contributed by atoms with Gasteiger partial charge in [-0.3, -0.25) is 0 Å². The monoisotopic (exact) mass is 312 g/mol. The number of hydrogen-bond acceptors (Lipinski definition) is 6. The van der Waals surface area contributed by atoms with Gasteiger partial charge in [0.15, 0.2) is 9.84 Å². The Labute approximate surface area is 124 Å². The normalized spacial score (nSPS) is 19.7. The van der Waals surface area contributed by atoms with Crippen molar-refractivity contribution in [2.75, 3.05) is 12.9 Å². The summed E-state index contributed by atoms with van der Waals surface area (Å²) in [6.07, 6.45) is 2.70. The Morgan fingerprint density at radius 3 is 2.57 bits per heavy atom. The Kier molecular flexibility index (Phi) is 4.72. The second kappa shape index (κ2) is 6.34. The first-order chi connectivity index (χ1) is 9.88. The van der Waals surface area contributed by atoms with Gasteiger partial charge in [-0.25, -0.2) is 13.4 Å². The lowest BCUT2D eigenvalue weighted by atomic mass is 10.1. The molecule has 2 N–H and O–H groups in total. The molecular weight excluding hydrogens is 292 g/mol. The topological polar surface area (TPSA) is 91.0 Å². The van der Waals surface area contributed by atoms with Crippen molar-refractivity contribution in [2.24, 2.45) is 10.7 Å². The average molecular weight is 312 g/mol. The molecule has 0 aromatic heterocycles. The molecule has 6 nitrogen and oxygen atoms in total. The molecule has 1 aliphatic heterocycles. The summed E-state index contributed by atoms with van der Waals surface area (Å²) in [4.78, 5) is 4.46. The molecule has 1 aliphatic rings. The fourth-order valence-corrected chi connectivity index (χ4v) is 2.75. The standard InChI is InChI=1S/C14H20N2O4S/c1-3-11(8-10-9-19-14(15)16-10)20-12-4-6-13(7-5-12)21(2,17)18/h4-7,10-11H,3,8-9H2,1-2H3,(H2,15,16)/t10-,11+/m0/s1. The van der Waals surface area contributed by atoms with E-state index >= 15 is 0 Å². The fraction of sp³-hybridized carbons (Fsp3) is 0.500. The largest absolute Gasteiger partial charge is 0.490 e. The van der Waals surface area contributed by atoms with Gasteiger partial charge < -0.3 is 15.2 Å². The van der Waals surface area contributed by atoms with Crippen LogP contribution in [0, 0.1) is 0 Å². The minimum Gasteiger partial charge on any atom is -0.490 e. The molecule has 7 heteroatoms. The predicted molar refractivity (Wildman–Crippen MR) is 80.2 cm³/mol. The van der Waals surface area contributed by atoms with Gasteiger partial charge in [-0.15, -0.1) is 0 Å². The van der Waals surface area contributed by atoms with Crippen LogP contribution in [0.2, 0.25) is 0 Å². The van der Waals surface area contributed by atoms with Crippen molar-refractivity contribution in [3.63, 3.8) is 0 Å². The predicted octanol–water partition coefficient (Wildman–Crippen LogP) is 1.35. The molecule has 0 amide bonds. The Morgan fingerprint density at radius 2 is 2.10 bits per heavy atom.